The second kappa shape index (κ2) is 12.7. The van der Waals surface area contributed by atoms with Crippen LogP contribution in [0.1, 0.15) is 64.2 Å². The molecule has 2 aromatic heterocycles. The predicted octanol–water partition coefficient (Wildman–Crippen LogP) is 7.03. The molecule has 2 heterocycles. The highest BCUT2D eigenvalue weighted by molar-refractivity contribution is 7.09. The Balaban J connectivity index is 1.46. The number of halogens is 3. The minimum Gasteiger partial charge on any atom is -0.350 e. The Morgan fingerprint density at radius 3 is 2.33 bits per heavy atom. The van der Waals surface area contributed by atoms with E-state index >= 15 is 0 Å². The monoisotopic (exact) mass is 566 g/mol. The average Bonchev–Trinajstić information content (AvgIpc) is 3.37. The number of hydrogen-bond donors (Lipinski definition) is 1. The molecule has 0 saturated heterocycles. The van der Waals surface area contributed by atoms with E-state index in [4.69, 9.17) is 0 Å². The van der Waals surface area contributed by atoms with Crippen molar-refractivity contribution in [1.29, 1.82) is 0 Å². The number of rotatable bonds is 10. The molecule has 9 heteroatoms. The van der Waals surface area contributed by atoms with Gasteiger partial charge in [0.25, 0.3) is 5.91 Å². The van der Waals surface area contributed by atoms with Crippen LogP contribution in [0.25, 0.3) is 0 Å². The highest BCUT2D eigenvalue weighted by atomic mass is 32.1. The molecule has 1 amide bonds. The fourth-order valence-corrected chi connectivity index (χ4v) is 5.08. The Bertz CT molecular complexity index is 1400. The topological polar surface area (TPSA) is 58.1 Å². The Kier molecular flexibility index (Phi) is 9.37. The lowest BCUT2D eigenvalue weighted by Gasteiger charge is -2.23. The molecule has 0 aliphatic heterocycles. The van der Waals surface area contributed by atoms with Crippen molar-refractivity contribution in [3.05, 3.63) is 117 Å². The number of carbonyl (C=O) groups excluding carboxylic acids is 1. The molecule has 0 atom stereocenters. The fourth-order valence-electron chi connectivity index (χ4n) is 4.26. The molecule has 5 nitrogen and oxygen atoms in total. The van der Waals surface area contributed by atoms with Gasteiger partial charge in [0.1, 0.15) is 10.7 Å². The zero-order chi connectivity index (χ0) is 28.8. The van der Waals surface area contributed by atoms with E-state index in [1.165, 1.54) is 29.0 Å². The van der Waals surface area contributed by atoms with Crippen molar-refractivity contribution in [2.75, 3.05) is 6.54 Å². The van der Waals surface area contributed by atoms with Crippen LogP contribution in [-0.4, -0.2) is 27.3 Å². The largest absolute Gasteiger partial charge is 0.416 e. The molecule has 0 aliphatic carbocycles. The zero-order valence-electron chi connectivity index (χ0n) is 22.8. The number of pyridine rings is 1. The molecule has 4 rings (SSSR count). The van der Waals surface area contributed by atoms with Gasteiger partial charge in [-0.3, -0.25) is 14.7 Å². The van der Waals surface area contributed by atoms with E-state index < -0.39 is 11.7 Å². The smallest absolute Gasteiger partial charge is 0.350 e. The summed E-state index contributed by atoms with van der Waals surface area (Å²) in [7, 11) is 0. The molecule has 0 unspecified atom stereocenters. The maximum absolute atomic E-state index is 13.3. The quantitative estimate of drug-likeness (QED) is 0.224. The summed E-state index contributed by atoms with van der Waals surface area (Å²) in [4.78, 5) is 23.5. The van der Waals surface area contributed by atoms with Crippen LogP contribution in [0.3, 0.4) is 0 Å². The van der Waals surface area contributed by atoms with Crippen molar-refractivity contribution in [1.82, 2.24) is 20.2 Å². The molecule has 0 spiro atoms. The van der Waals surface area contributed by atoms with E-state index in [1.54, 1.807) is 17.6 Å². The maximum atomic E-state index is 13.3. The number of nitrogens with zero attached hydrogens (tertiary/aromatic N) is 3. The highest BCUT2D eigenvalue weighted by Crippen LogP contribution is 2.30. The van der Waals surface area contributed by atoms with Crippen molar-refractivity contribution in [2.45, 2.75) is 58.4 Å². The summed E-state index contributed by atoms with van der Waals surface area (Å²) in [5, 5.41) is 5.31. The van der Waals surface area contributed by atoms with Crippen LogP contribution in [0.4, 0.5) is 13.2 Å². The third-order valence-corrected chi connectivity index (χ3v) is 7.26. The number of nitrogens with one attached hydrogen (secondary N) is 1. The van der Waals surface area contributed by atoms with Gasteiger partial charge in [-0.05, 0) is 40.3 Å². The number of hydrogen-bond acceptors (Lipinski definition) is 5. The first kappa shape index (κ1) is 29.4. The van der Waals surface area contributed by atoms with Crippen molar-refractivity contribution >= 4 is 17.2 Å². The van der Waals surface area contributed by atoms with Gasteiger partial charge in [0, 0.05) is 43.3 Å². The molecule has 2 aromatic carbocycles. The minimum absolute atomic E-state index is 0.0196. The lowest BCUT2D eigenvalue weighted by atomic mass is 9.87. The number of thiazole rings is 1. The number of benzene rings is 2. The summed E-state index contributed by atoms with van der Waals surface area (Å²) < 4.78 is 40.0. The maximum Gasteiger partial charge on any atom is 0.416 e. The van der Waals surface area contributed by atoms with Gasteiger partial charge in [-0.1, -0.05) is 69.3 Å². The van der Waals surface area contributed by atoms with E-state index in [1.807, 2.05) is 23.1 Å². The van der Waals surface area contributed by atoms with Crippen LogP contribution >= 0.6 is 11.3 Å². The van der Waals surface area contributed by atoms with Gasteiger partial charge in [-0.25, -0.2) is 4.98 Å². The molecule has 0 bridgehead atoms. The third-order valence-electron chi connectivity index (χ3n) is 6.42. The molecular formula is C31H33F3N4OS. The van der Waals surface area contributed by atoms with Crippen molar-refractivity contribution in [2.24, 2.45) is 0 Å². The fraction of sp³-hybridized carbons (Fsp3) is 0.323. The van der Waals surface area contributed by atoms with Gasteiger partial charge >= 0.3 is 6.18 Å². The molecule has 40 heavy (non-hydrogen) atoms. The Morgan fingerprint density at radius 2 is 1.65 bits per heavy atom. The van der Waals surface area contributed by atoms with Crippen LogP contribution in [0.15, 0.2) is 78.3 Å². The number of amides is 1. The first-order chi connectivity index (χ1) is 19.0. The van der Waals surface area contributed by atoms with Crippen LogP contribution in [0.2, 0.25) is 0 Å². The third kappa shape index (κ3) is 8.47. The molecule has 0 radical (unpaired) electrons. The number of aromatic nitrogens is 2. The first-order valence-electron chi connectivity index (χ1n) is 13.1. The van der Waals surface area contributed by atoms with Gasteiger partial charge in [0.05, 0.1) is 12.1 Å². The van der Waals surface area contributed by atoms with Gasteiger partial charge in [-0.2, -0.15) is 13.2 Å². The van der Waals surface area contributed by atoms with Crippen molar-refractivity contribution < 1.29 is 18.0 Å². The Morgan fingerprint density at radius 1 is 0.900 bits per heavy atom. The number of alkyl halides is 3. The molecule has 0 aliphatic rings. The van der Waals surface area contributed by atoms with Crippen LogP contribution < -0.4 is 5.32 Å². The Hall–Kier alpha value is -3.56. The summed E-state index contributed by atoms with van der Waals surface area (Å²) in [5.41, 5.74) is 3.38. The Labute approximate surface area is 237 Å². The summed E-state index contributed by atoms with van der Waals surface area (Å²) >= 11 is 1.36. The van der Waals surface area contributed by atoms with E-state index in [0.29, 0.717) is 48.9 Å². The minimum atomic E-state index is -4.40. The van der Waals surface area contributed by atoms with Crippen LogP contribution in [0, 0.1) is 0 Å². The predicted molar refractivity (Wildman–Crippen MR) is 152 cm³/mol. The second-order valence-corrected chi connectivity index (χ2v) is 11.7. The summed E-state index contributed by atoms with van der Waals surface area (Å²) in [6.45, 7) is 8.10. The number of carbonyl (C=O) groups is 1. The molecular weight excluding hydrogens is 533 g/mol. The molecule has 4 aromatic rings. The van der Waals surface area contributed by atoms with Crippen molar-refractivity contribution in [3.63, 3.8) is 0 Å². The summed E-state index contributed by atoms with van der Waals surface area (Å²) in [6.07, 6.45) is -2.08. The highest BCUT2D eigenvalue weighted by Gasteiger charge is 2.30. The molecule has 0 saturated carbocycles. The summed E-state index contributed by atoms with van der Waals surface area (Å²) in [6, 6.07) is 19.4. The van der Waals surface area contributed by atoms with E-state index in [-0.39, 0.29) is 11.3 Å². The standard InChI is InChI=1S/C31H33F3N4OS/c1-30(2,3)24-12-10-22(11-13-24)18-38(19-23-7-6-8-25(17-23)31(32,33)34)20-28-37-27(21-40-28)29(39)36-16-14-26-9-4-5-15-35-26/h4-13,15,17,21H,14,16,18-20H2,1-3H3,(H,36,39). The van der Waals surface area contributed by atoms with Crippen LogP contribution in [-0.2, 0) is 37.6 Å². The zero-order valence-corrected chi connectivity index (χ0v) is 23.6. The summed E-state index contributed by atoms with van der Waals surface area (Å²) in [5.74, 6) is -0.263. The lowest BCUT2D eigenvalue weighted by molar-refractivity contribution is -0.137. The van der Waals surface area contributed by atoms with E-state index in [2.05, 4.69) is 60.3 Å². The first-order valence-corrected chi connectivity index (χ1v) is 14.0. The van der Waals surface area contributed by atoms with Crippen molar-refractivity contribution in [3.8, 4) is 0 Å². The van der Waals surface area contributed by atoms with Gasteiger partial charge in [0.2, 0.25) is 0 Å². The molecule has 0 fully saturated rings. The normalized spacial score (nSPS) is 12.1. The molecule has 210 valence electrons. The lowest BCUT2D eigenvalue weighted by Crippen LogP contribution is -2.26. The average molecular weight is 567 g/mol. The van der Waals surface area contributed by atoms with Gasteiger partial charge in [-0.15, -0.1) is 11.3 Å². The van der Waals surface area contributed by atoms with Gasteiger partial charge in [0.15, 0.2) is 0 Å². The van der Waals surface area contributed by atoms with E-state index in [0.717, 1.165) is 17.3 Å². The van der Waals surface area contributed by atoms with E-state index in [9.17, 15) is 18.0 Å². The SMILES string of the molecule is CC(C)(C)c1ccc(CN(Cc2cccc(C(F)(F)F)c2)Cc2nc(C(=O)NCCc3ccccn3)cs2)cc1. The van der Waals surface area contributed by atoms with Crippen LogP contribution in [0.5, 0.6) is 0 Å². The molecule has 1 N–H and O–H groups in total. The van der Waals surface area contributed by atoms with Gasteiger partial charge < -0.3 is 5.32 Å². The second-order valence-electron chi connectivity index (χ2n) is 10.7.